The molecule has 12 heteroatoms. The van der Waals surface area contributed by atoms with Gasteiger partial charge in [0, 0.05) is 34.5 Å². The van der Waals surface area contributed by atoms with E-state index in [1.165, 1.54) is 30.3 Å². The molecule has 3 aromatic carbocycles. The summed E-state index contributed by atoms with van der Waals surface area (Å²) in [4.78, 5) is 13.7. The summed E-state index contributed by atoms with van der Waals surface area (Å²) in [6, 6.07) is 15.5. The van der Waals surface area contributed by atoms with Crippen LogP contribution in [-0.4, -0.2) is 58.9 Å². The van der Waals surface area contributed by atoms with E-state index in [0.29, 0.717) is 0 Å². The van der Waals surface area contributed by atoms with Crippen LogP contribution in [0.1, 0.15) is 49.3 Å². The topological polar surface area (TPSA) is 137 Å². The number of rotatable bonds is 13. The van der Waals surface area contributed by atoms with Crippen LogP contribution >= 0.6 is 23.2 Å². The van der Waals surface area contributed by atoms with Crippen LogP contribution in [0, 0.1) is 17.0 Å². The summed E-state index contributed by atoms with van der Waals surface area (Å²) in [7, 11) is 0. The number of nitrogens with two attached hydrogens (primary N) is 1. The van der Waals surface area contributed by atoms with Crippen molar-refractivity contribution in [2.75, 3.05) is 13.2 Å². The quantitative estimate of drug-likeness (QED) is 0.149. The minimum atomic E-state index is -1.77. The number of ether oxygens (including phenoxy) is 1. The first-order chi connectivity index (χ1) is 21.3. The molecular formula is C33H39Cl2F2N3O5. The molecule has 0 aromatic heterocycles. The lowest BCUT2D eigenvalue weighted by atomic mass is 9.68. The highest BCUT2D eigenvalue weighted by atomic mass is 35.5. The SMILES string of the molecule is CC(C)(CC1NC(C(=O)NCCC(O)CO)C(c2cccc(Cl)c2F)C1(N)c1ccc(Cl)cc1F)C(O)OCc1ccccc1. The van der Waals surface area contributed by atoms with Crippen molar-refractivity contribution in [3.63, 3.8) is 0 Å². The van der Waals surface area contributed by atoms with Gasteiger partial charge in [-0.25, -0.2) is 8.78 Å². The second-order valence-electron chi connectivity index (χ2n) is 12.1. The normalized spacial score (nSPS) is 23.1. The smallest absolute Gasteiger partial charge is 0.237 e. The molecule has 1 amide bonds. The molecule has 7 N–H and O–H groups in total. The Bertz CT molecular complexity index is 1470. The van der Waals surface area contributed by atoms with Crippen LogP contribution in [0.4, 0.5) is 8.78 Å². The van der Waals surface area contributed by atoms with Gasteiger partial charge in [0.2, 0.25) is 5.91 Å². The number of amides is 1. The lowest BCUT2D eigenvalue weighted by Crippen LogP contribution is -2.53. The van der Waals surface area contributed by atoms with E-state index in [2.05, 4.69) is 10.6 Å². The molecule has 0 spiro atoms. The third-order valence-electron chi connectivity index (χ3n) is 8.44. The zero-order chi connectivity index (χ0) is 32.9. The molecule has 0 aliphatic carbocycles. The van der Waals surface area contributed by atoms with Crippen LogP contribution in [0.5, 0.6) is 0 Å². The van der Waals surface area contributed by atoms with Gasteiger partial charge in [0.15, 0.2) is 6.29 Å². The Labute approximate surface area is 271 Å². The maximum atomic E-state index is 15.8. The van der Waals surface area contributed by atoms with Crippen LogP contribution in [-0.2, 0) is 21.7 Å². The van der Waals surface area contributed by atoms with Crippen molar-refractivity contribution in [3.05, 3.63) is 105 Å². The molecule has 45 heavy (non-hydrogen) atoms. The molecule has 1 heterocycles. The van der Waals surface area contributed by atoms with E-state index in [1.54, 1.807) is 13.8 Å². The fourth-order valence-corrected chi connectivity index (χ4v) is 6.30. The molecule has 3 aromatic rings. The fourth-order valence-electron chi connectivity index (χ4n) is 5.96. The van der Waals surface area contributed by atoms with Crippen molar-refractivity contribution in [2.24, 2.45) is 11.1 Å². The number of aliphatic hydroxyl groups excluding tert-OH is 3. The monoisotopic (exact) mass is 665 g/mol. The number of aliphatic hydroxyl groups is 3. The van der Waals surface area contributed by atoms with Gasteiger partial charge in [-0.05, 0) is 42.2 Å². The molecule has 1 fully saturated rings. The Morgan fingerprint density at radius 1 is 1.11 bits per heavy atom. The maximum absolute atomic E-state index is 15.8. The van der Waals surface area contributed by atoms with Gasteiger partial charge in [0.1, 0.15) is 11.6 Å². The predicted octanol–water partition coefficient (Wildman–Crippen LogP) is 4.36. The summed E-state index contributed by atoms with van der Waals surface area (Å²) in [5.74, 6) is -3.35. The largest absolute Gasteiger partial charge is 0.394 e. The van der Waals surface area contributed by atoms with Gasteiger partial charge in [0.25, 0.3) is 0 Å². The van der Waals surface area contributed by atoms with E-state index in [0.717, 1.165) is 11.6 Å². The number of nitrogens with one attached hydrogen (secondary N) is 2. The van der Waals surface area contributed by atoms with Crippen LogP contribution < -0.4 is 16.4 Å². The number of hydrogen-bond acceptors (Lipinski definition) is 7. The van der Waals surface area contributed by atoms with Gasteiger partial charge in [-0.1, -0.05) is 85.6 Å². The van der Waals surface area contributed by atoms with Gasteiger partial charge in [-0.3, -0.25) is 4.79 Å². The molecule has 0 bridgehead atoms. The van der Waals surface area contributed by atoms with Crippen molar-refractivity contribution in [1.29, 1.82) is 0 Å². The Morgan fingerprint density at radius 3 is 2.49 bits per heavy atom. The molecule has 244 valence electrons. The number of halogens is 4. The summed E-state index contributed by atoms with van der Waals surface area (Å²) in [6.07, 6.45) is -2.22. The molecular weight excluding hydrogens is 627 g/mol. The van der Waals surface area contributed by atoms with Crippen LogP contribution in [0.2, 0.25) is 10.0 Å². The minimum Gasteiger partial charge on any atom is -0.394 e. The number of carbonyl (C=O) groups is 1. The Kier molecular flexibility index (Phi) is 11.6. The molecule has 0 radical (unpaired) electrons. The van der Waals surface area contributed by atoms with E-state index >= 15 is 8.78 Å². The van der Waals surface area contributed by atoms with Crippen molar-refractivity contribution in [1.82, 2.24) is 10.6 Å². The minimum absolute atomic E-state index is 0.00142. The zero-order valence-corrected chi connectivity index (χ0v) is 26.5. The average molecular weight is 667 g/mol. The Balaban J connectivity index is 1.77. The number of benzene rings is 3. The first kappa shape index (κ1) is 35.2. The maximum Gasteiger partial charge on any atom is 0.237 e. The summed E-state index contributed by atoms with van der Waals surface area (Å²) < 4.78 is 37.4. The van der Waals surface area contributed by atoms with Gasteiger partial charge < -0.3 is 36.4 Å². The highest BCUT2D eigenvalue weighted by Gasteiger charge is 2.59. The van der Waals surface area contributed by atoms with Gasteiger partial charge in [-0.15, -0.1) is 0 Å². The first-order valence-corrected chi connectivity index (χ1v) is 15.4. The van der Waals surface area contributed by atoms with Crippen molar-refractivity contribution >= 4 is 29.1 Å². The van der Waals surface area contributed by atoms with Crippen molar-refractivity contribution in [3.8, 4) is 0 Å². The molecule has 0 saturated carbocycles. The molecule has 1 aliphatic rings. The summed E-state index contributed by atoms with van der Waals surface area (Å²) >= 11 is 12.3. The van der Waals surface area contributed by atoms with Gasteiger partial charge >= 0.3 is 0 Å². The lowest BCUT2D eigenvalue weighted by molar-refractivity contribution is -0.176. The molecule has 1 aliphatic heterocycles. The standard InChI is InChI=1S/C33H39Cl2F2N3O5/c1-32(2,31(44)45-18-19-7-4-3-5-8-19)16-26-33(38,23-12-11-20(34)15-25(23)36)27(22-9-6-10-24(35)28(22)37)29(40-26)30(43)39-14-13-21(42)17-41/h3-12,15,21,26-27,29,31,40-42,44H,13-14,16-18,38H2,1-2H3,(H,39,43). The highest BCUT2D eigenvalue weighted by molar-refractivity contribution is 6.31. The van der Waals surface area contributed by atoms with Crippen LogP contribution in [0.25, 0.3) is 0 Å². The second-order valence-corrected chi connectivity index (χ2v) is 13.0. The fraction of sp³-hybridized carbons (Fsp3) is 0.424. The van der Waals surface area contributed by atoms with E-state index < -0.39 is 65.5 Å². The second kappa shape index (κ2) is 14.8. The summed E-state index contributed by atoms with van der Waals surface area (Å²) in [5.41, 5.74) is 5.28. The Hall–Kier alpha value is -2.67. The van der Waals surface area contributed by atoms with Crippen LogP contribution in [0.3, 0.4) is 0 Å². The van der Waals surface area contributed by atoms with Crippen LogP contribution in [0.15, 0.2) is 66.7 Å². The average Bonchev–Trinajstić information content (AvgIpc) is 3.29. The number of carbonyl (C=O) groups excluding carboxylic acids is 1. The van der Waals surface area contributed by atoms with Gasteiger partial charge in [0.05, 0.1) is 35.9 Å². The third kappa shape index (κ3) is 7.84. The predicted molar refractivity (Wildman–Crippen MR) is 168 cm³/mol. The highest BCUT2D eigenvalue weighted by Crippen LogP contribution is 2.50. The van der Waals surface area contributed by atoms with E-state index in [-0.39, 0.29) is 47.2 Å². The first-order valence-electron chi connectivity index (χ1n) is 14.6. The molecule has 8 nitrogen and oxygen atoms in total. The molecule has 6 atom stereocenters. The molecule has 1 saturated heterocycles. The Morgan fingerprint density at radius 2 is 1.82 bits per heavy atom. The number of hydrogen-bond donors (Lipinski definition) is 6. The van der Waals surface area contributed by atoms with Gasteiger partial charge in [-0.2, -0.15) is 0 Å². The van der Waals surface area contributed by atoms with E-state index in [9.17, 15) is 15.0 Å². The zero-order valence-electron chi connectivity index (χ0n) is 25.0. The van der Waals surface area contributed by atoms with Crippen molar-refractivity contribution < 1.29 is 33.6 Å². The lowest BCUT2D eigenvalue weighted by Gasteiger charge is -2.41. The summed E-state index contributed by atoms with van der Waals surface area (Å²) in [5, 5.41) is 36.0. The van der Waals surface area contributed by atoms with E-state index in [4.69, 9.17) is 38.8 Å². The summed E-state index contributed by atoms with van der Waals surface area (Å²) in [6.45, 7) is 3.15. The molecule has 4 rings (SSSR count). The molecule has 6 unspecified atom stereocenters. The van der Waals surface area contributed by atoms with Crippen molar-refractivity contribution in [2.45, 2.75) is 69.2 Å². The third-order valence-corrected chi connectivity index (χ3v) is 8.97. The van der Waals surface area contributed by atoms with E-state index in [1.807, 2.05) is 30.3 Å².